The van der Waals surface area contributed by atoms with Crippen LogP contribution in [0.3, 0.4) is 0 Å². The summed E-state index contributed by atoms with van der Waals surface area (Å²) in [6.07, 6.45) is 2.34. The average molecular weight is 275 g/mol. The Balaban J connectivity index is 2.11. The van der Waals surface area contributed by atoms with Gasteiger partial charge < -0.3 is 14.8 Å². The van der Waals surface area contributed by atoms with Crippen molar-refractivity contribution < 1.29 is 9.52 Å². The van der Waals surface area contributed by atoms with E-state index in [1.54, 1.807) is 0 Å². The Morgan fingerprint density at radius 1 is 1.25 bits per heavy atom. The first-order chi connectivity index (χ1) is 9.67. The van der Waals surface area contributed by atoms with Crippen LogP contribution in [0.4, 0.5) is 0 Å². The molecule has 1 heterocycles. The van der Waals surface area contributed by atoms with Gasteiger partial charge in [-0.15, -0.1) is 0 Å². The summed E-state index contributed by atoms with van der Waals surface area (Å²) < 4.78 is 6.01. The van der Waals surface area contributed by atoms with E-state index >= 15 is 0 Å². The molecule has 0 amide bonds. The van der Waals surface area contributed by atoms with Gasteiger partial charge in [0.15, 0.2) is 0 Å². The number of para-hydroxylation sites is 1. The van der Waals surface area contributed by atoms with Crippen molar-refractivity contribution >= 4 is 11.0 Å². The third-order valence-corrected chi connectivity index (χ3v) is 3.88. The van der Waals surface area contributed by atoms with Crippen molar-refractivity contribution in [3.05, 3.63) is 35.6 Å². The van der Waals surface area contributed by atoms with E-state index in [-0.39, 0.29) is 12.1 Å². The quantitative estimate of drug-likeness (QED) is 0.807. The summed E-state index contributed by atoms with van der Waals surface area (Å²) in [6, 6.07) is 8.36. The maximum atomic E-state index is 9.59. The number of aliphatic hydroxyl groups is 1. The zero-order valence-electron chi connectivity index (χ0n) is 12.6. The van der Waals surface area contributed by atoms with E-state index in [9.17, 15) is 5.11 Å². The summed E-state index contributed by atoms with van der Waals surface area (Å²) in [5.41, 5.74) is 2.25. The van der Waals surface area contributed by atoms with Crippen LogP contribution < -0.4 is 5.32 Å². The van der Waals surface area contributed by atoms with Crippen LogP contribution in [-0.4, -0.2) is 17.8 Å². The predicted octanol–water partition coefficient (Wildman–Crippen LogP) is 3.81. The summed E-state index contributed by atoms with van der Waals surface area (Å²) in [5, 5.41) is 14.3. The van der Waals surface area contributed by atoms with E-state index in [1.165, 1.54) is 10.9 Å². The number of benzene rings is 1. The van der Waals surface area contributed by atoms with Gasteiger partial charge in [0, 0.05) is 10.9 Å². The largest absolute Gasteiger partial charge is 0.459 e. The number of hydrogen-bond acceptors (Lipinski definition) is 3. The van der Waals surface area contributed by atoms with Gasteiger partial charge in [-0.3, -0.25) is 0 Å². The molecule has 0 bridgehead atoms. The van der Waals surface area contributed by atoms with Gasteiger partial charge in [0.25, 0.3) is 0 Å². The smallest absolute Gasteiger partial charge is 0.134 e. The van der Waals surface area contributed by atoms with E-state index < -0.39 is 0 Å². The molecule has 0 aliphatic carbocycles. The fourth-order valence-corrected chi connectivity index (χ4v) is 2.60. The first-order valence-electron chi connectivity index (χ1n) is 7.59. The van der Waals surface area contributed by atoms with Crippen LogP contribution >= 0.6 is 0 Å². The van der Waals surface area contributed by atoms with Crippen LogP contribution in [0.15, 0.2) is 28.7 Å². The van der Waals surface area contributed by atoms with E-state index in [0.29, 0.717) is 0 Å². The van der Waals surface area contributed by atoms with Crippen molar-refractivity contribution in [2.24, 2.45) is 0 Å². The summed E-state index contributed by atoms with van der Waals surface area (Å²) >= 11 is 0. The fraction of sp³-hybridized carbons (Fsp3) is 0.529. The molecule has 110 valence electrons. The van der Waals surface area contributed by atoms with Crippen molar-refractivity contribution in [2.75, 3.05) is 6.54 Å². The van der Waals surface area contributed by atoms with Gasteiger partial charge in [0.05, 0.1) is 12.1 Å². The lowest BCUT2D eigenvalue weighted by Gasteiger charge is -2.14. The molecule has 3 nitrogen and oxygen atoms in total. The highest BCUT2D eigenvalue weighted by Crippen LogP contribution is 2.30. The number of fused-ring (bicyclic) bond motifs is 1. The van der Waals surface area contributed by atoms with Crippen LogP contribution in [0.5, 0.6) is 0 Å². The molecule has 20 heavy (non-hydrogen) atoms. The summed E-state index contributed by atoms with van der Waals surface area (Å²) in [7, 11) is 0. The van der Waals surface area contributed by atoms with Crippen molar-refractivity contribution in [3.8, 4) is 0 Å². The Bertz CT molecular complexity index is 547. The van der Waals surface area contributed by atoms with Crippen LogP contribution in [0, 0.1) is 0 Å². The SMILES string of the molecule is CCc1c(C(C)NCCC(O)CC)oc2ccccc12. The summed E-state index contributed by atoms with van der Waals surface area (Å²) in [5.74, 6) is 1.03. The Morgan fingerprint density at radius 2 is 2.00 bits per heavy atom. The first-order valence-corrected chi connectivity index (χ1v) is 7.59. The Kier molecular flexibility index (Phi) is 5.21. The zero-order valence-corrected chi connectivity index (χ0v) is 12.6. The first kappa shape index (κ1) is 15.1. The minimum absolute atomic E-state index is 0.168. The molecule has 0 aliphatic rings. The molecular weight excluding hydrogens is 250 g/mol. The highest BCUT2D eigenvalue weighted by atomic mass is 16.3. The summed E-state index contributed by atoms with van der Waals surface area (Å²) in [4.78, 5) is 0. The molecule has 1 aromatic heterocycles. The molecule has 0 fully saturated rings. The fourth-order valence-electron chi connectivity index (χ4n) is 2.60. The minimum Gasteiger partial charge on any atom is -0.459 e. The lowest BCUT2D eigenvalue weighted by atomic mass is 10.0. The normalized spacial score (nSPS) is 14.6. The predicted molar refractivity (Wildman–Crippen MR) is 82.9 cm³/mol. The number of hydrogen-bond donors (Lipinski definition) is 2. The minimum atomic E-state index is -0.212. The summed E-state index contributed by atoms with van der Waals surface area (Å²) in [6.45, 7) is 7.09. The molecule has 2 N–H and O–H groups in total. The standard InChI is InChI=1S/C17H25NO2/c1-4-13(19)10-11-18-12(3)17-14(5-2)15-8-6-7-9-16(15)20-17/h6-9,12-13,18-19H,4-5,10-11H2,1-3H3. The van der Waals surface area contributed by atoms with Gasteiger partial charge >= 0.3 is 0 Å². The molecule has 0 spiro atoms. The average Bonchev–Trinajstić information content (AvgIpc) is 2.85. The van der Waals surface area contributed by atoms with Crippen LogP contribution in [0.25, 0.3) is 11.0 Å². The molecule has 0 saturated carbocycles. The van der Waals surface area contributed by atoms with Gasteiger partial charge in [0.1, 0.15) is 11.3 Å². The maximum Gasteiger partial charge on any atom is 0.134 e. The Morgan fingerprint density at radius 3 is 2.70 bits per heavy atom. The van der Waals surface area contributed by atoms with E-state index in [4.69, 9.17) is 4.42 Å². The number of aryl methyl sites for hydroxylation is 1. The Labute approximate surface area is 121 Å². The molecule has 3 heteroatoms. The lowest BCUT2D eigenvalue weighted by Crippen LogP contribution is -2.23. The maximum absolute atomic E-state index is 9.59. The molecule has 2 rings (SSSR count). The third kappa shape index (κ3) is 3.22. The van der Waals surface area contributed by atoms with Gasteiger partial charge in [-0.1, -0.05) is 32.0 Å². The molecular formula is C17H25NO2. The van der Waals surface area contributed by atoms with Crippen LogP contribution in [0.1, 0.15) is 51.0 Å². The van der Waals surface area contributed by atoms with Crippen LogP contribution in [0.2, 0.25) is 0 Å². The highest BCUT2D eigenvalue weighted by Gasteiger charge is 2.17. The third-order valence-electron chi connectivity index (χ3n) is 3.88. The topological polar surface area (TPSA) is 45.4 Å². The number of rotatable bonds is 7. The van der Waals surface area contributed by atoms with Crippen molar-refractivity contribution in [2.45, 2.75) is 52.2 Å². The molecule has 0 aliphatic heterocycles. The van der Waals surface area contributed by atoms with Gasteiger partial charge in [-0.25, -0.2) is 0 Å². The van der Waals surface area contributed by atoms with Crippen molar-refractivity contribution in [1.82, 2.24) is 5.32 Å². The second kappa shape index (κ2) is 6.91. The van der Waals surface area contributed by atoms with E-state index in [2.05, 4.69) is 31.3 Å². The number of aliphatic hydroxyl groups excluding tert-OH is 1. The molecule has 2 unspecified atom stereocenters. The molecule has 2 atom stereocenters. The molecule has 0 radical (unpaired) electrons. The monoisotopic (exact) mass is 275 g/mol. The number of furan rings is 1. The highest BCUT2D eigenvalue weighted by molar-refractivity contribution is 5.82. The number of nitrogens with one attached hydrogen (secondary N) is 1. The zero-order chi connectivity index (χ0) is 14.5. The van der Waals surface area contributed by atoms with Gasteiger partial charge in [-0.05, 0) is 38.8 Å². The van der Waals surface area contributed by atoms with Gasteiger partial charge in [-0.2, -0.15) is 0 Å². The van der Waals surface area contributed by atoms with E-state index in [0.717, 1.165) is 37.2 Å². The molecule has 2 aromatic rings. The molecule has 0 saturated heterocycles. The molecule has 1 aromatic carbocycles. The lowest BCUT2D eigenvalue weighted by molar-refractivity contribution is 0.158. The second-order valence-corrected chi connectivity index (χ2v) is 5.32. The van der Waals surface area contributed by atoms with Crippen molar-refractivity contribution in [1.29, 1.82) is 0 Å². The van der Waals surface area contributed by atoms with Gasteiger partial charge in [0.2, 0.25) is 0 Å². The van der Waals surface area contributed by atoms with Crippen molar-refractivity contribution in [3.63, 3.8) is 0 Å². The second-order valence-electron chi connectivity index (χ2n) is 5.32. The van der Waals surface area contributed by atoms with Crippen LogP contribution in [-0.2, 0) is 6.42 Å². The van der Waals surface area contributed by atoms with E-state index in [1.807, 2.05) is 19.1 Å². The Hall–Kier alpha value is -1.32.